The molecule has 3 heterocycles. The van der Waals surface area contributed by atoms with Crippen molar-refractivity contribution in [3.05, 3.63) is 59.4 Å². The molecule has 1 atom stereocenters. The largest absolute Gasteiger partial charge is 0.378 e. The maximum Gasteiger partial charge on any atom is 0.254 e. The molecule has 0 aliphatic carbocycles. The topological polar surface area (TPSA) is 54.9 Å². The number of carbonyl (C=O) groups is 1. The van der Waals surface area contributed by atoms with E-state index in [2.05, 4.69) is 16.8 Å². The van der Waals surface area contributed by atoms with Crippen LogP contribution in [-0.4, -0.2) is 61.3 Å². The molecular weight excluding hydrogens is 366 g/mol. The summed E-state index contributed by atoms with van der Waals surface area (Å²) in [5.74, 6) is 0.0284. The van der Waals surface area contributed by atoms with Crippen molar-refractivity contribution < 1.29 is 14.3 Å². The Kier molecular flexibility index (Phi) is 6.42. The highest BCUT2D eigenvalue weighted by molar-refractivity contribution is 5.95. The monoisotopic (exact) mass is 395 g/mol. The number of rotatable bonds is 6. The molecule has 1 unspecified atom stereocenters. The van der Waals surface area contributed by atoms with E-state index >= 15 is 0 Å². The summed E-state index contributed by atoms with van der Waals surface area (Å²) in [6.07, 6.45) is 3.93. The van der Waals surface area contributed by atoms with Crippen LogP contribution in [0.5, 0.6) is 0 Å². The maximum atomic E-state index is 13.5. The second kappa shape index (κ2) is 9.37. The van der Waals surface area contributed by atoms with Crippen LogP contribution in [0.2, 0.25) is 0 Å². The van der Waals surface area contributed by atoms with Crippen LogP contribution in [0.15, 0.2) is 42.6 Å². The van der Waals surface area contributed by atoms with Crippen molar-refractivity contribution in [1.29, 1.82) is 0 Å². The van der Waals surface area contributed by atoms with Crippen LogP contribution in [0.25, 0.3) is 0 Å². The Morgan fingerprint density at radius 3 is 2.79 bits per heavy atom. The number of aromatic nitrogens is 1. The van der Waals surface area contributed by atoms with Crippen molar-refractivity contribution in [2.45, 2.75) is 32.4 Å². The zero-order valence-corrected chi connectivity index (χ0v) is 17.0. The van der Waals surface area contributed by atoms with Crippen molar-refractivity contribution >= 4 is 11.6 Å². The Balaban J connectivity index is 1.57. The standard InChI is InChI=1S/C23H29N3O3/c1-18-7-8-19(15-22(18)25-10-13-28-14-11-25)23(27)26(17-21-6-4-12-29-21)16-20-5-2-3-9-24-20/h2-3,5,7-9,15,21H,4,6,10-14,16-17H2,1H3. The molecule has 6 heteroatoms. The molecule has 0 saturated carbocycles. The van der Waals surface area contributed by atoms with Crippen LogP contribution in [0.1, 0.15) is 34.5 Å². The van der Waals surface area contributed by atoms with Crippen LogP contribution in [0, 0.1) is 6.92 Å². The molecule has 0 spiro atoms. The number of nitrogens with zero attached hydrogens (tertiary/aromatic N) is 3. The Morgan fingerprint density at radius 1 is 1.21 bits per heavy atom. The Bertz CT molecular complexity index is 815. The second-order valence-corrected chi connectivity index (χ2v) is 7.74. The van der Waals surface area contributed by atoms with Crippen molar-refractivity contribution in [2.75, 3.05) is 44.4 Å². The van der Waals surface area contributed by atoms with Gasteiger partial charge in [-0.3, -0.25) is 9.78 Å². The fraction of sp³-hybridized carbons (Fsp3) is 0.478. The van der Waals surface area contributed by atoms with Crippen LogP contribution in [0.3, 0.4) is 0 Å². The molecule has 6 nitrogen and oxygen atoms in total. The van der Waals surface area contributed by atoms with Gasteiger partial charge in [-0.15, -0.1) is 0 Å². The second-order valence-electron chi connectivity index (χ2n) is 7.74. The zero-order chi connectivity index (χ0) is 20.1. The van der Waals surface area contributed by atoms with Crippen molar-refractivity contribution in [1.82, 2.24) is 9.88 Å². The van der Waals surface area contributed by atoms with Crippen molar-refractivity contribution in [3.63, 3.8) is 0 Å². The third-order valence-corrected chi connectivity index (χ3v) is 5.62. The molecule has 29 heavy (non-hydrogen) atoms. The molecule has 2 aliphatic heterocycles. The lowest BCUT2D eigenvalue weighted by molar-refractivity contribution is 0.0504. The number of carbonyl (C=O) groups excluding carboxylic acids is 1. The molecule has 0 bridgehead atoms. The van der Waals surface area contributed by atoms with Gasteiger partial charge in [0.05, 0.1) is 31.6 Å². The summed E-state index contributed by atoms with van der Waals surface area (Å²) in [4.78, 5) is 22.1. The number of pyridine rings is 1. The molecule has 2 aromatic rings. The number of hydrogen-bond donors (Lipinski definition) is 0. The van der Waals surface area contributed by atoms with Crippen molar-refractivity contribution in [2.24, 2.45) is 0 Å². The van der Waals surface area contributed by atoms with E-state index in [0.717, 1.165) is 57.1 Å². The average molecular weight is 396 g/mol. The van der Waals surface area contributed by atoms with E-state index in [1.54, 1.807) is 6.20 Å². The lowest BCUT2D eigenvalue weighted by atomic mass is 10.1. The van der Waals surface area contributed by atoms with Gasteiger partial charge in [0.1, 0.15) is 0 Å². The summed E-state index contributed by atoms with van der Waals surface area (Å²) >= 11 is 0. The minimum Gasteiger partial charge on any atom is -0.378 e. The van der Waals surface area contributed by atoms with Gasteiger partial charge in [0.15, 0.2) is 0 Å². The number of anilines is 1. The minimum absolute atomic E-state index is 0.0284. The summed E-state index contributed by atoms with van der Waals surface area (Å²) < 4.78 is 11.3. The zero-order valence-electron chi connectivity index (χ0n) is 17.0. The van der Waals surface area contributed by atoms with Gasteiger partial charge >= 0.3 is 0 Å². The fourth-order valence-corrected chi connectivity index (χ4v) is 4.01. The first kappa shape index (κ1) is 19.9. The molecular formula is C23H29N3O3. The molecule has 2 aliphatic rings. The summed E-state index contributed by atoms with van der Waals surface area (Å²) in [7, 11) is 0. The number of ether oxygens (including phenoxy) is 2. The highest BCUT2D eigenvalue weighted by atomic mass is 16.5. The first-order chi connectivity index (χ1) is 14.2. The van der Waals surface area contributed by atoms with Gasteiger partial charge < -0.3 is 19.3 Å². The predicted molar refractivity (Wildman–Crippen MR) is 112 cm³/mol. The fourth-order valence-electron chi connectivity index (χ4n) is 4.01. The van der Waals surface area contributed by atoms with Crippen LogP contribution < -0.4 is 4.90 Å². The van der Waals surface area contributed by atoms with Crippen LogP contribution in [0.4, 0.5) is 5.69 Å². The highest BCUT2D eigenvalue weighted by Gasteiger charge is 2.25. The third kappa shape index (κ3) is 4.95. The SMILES string of the molecule is Cc1ccc(C(=O)N(Cc2ccccn2)CC2CCCO2)cc1N1CCOCC1. The Morgan fingerprint density at radius 2 is 2.07 bits per heavy atom. The molecule has 2 fully saturated rings. The van der Waals surface area contributed by atoms with E-state index in [0.29, 0.717) is 18.7 Å². The summed E-state index contributed by atoms with van der Waals surface area (Å²) in [6, 6.07) is 11.8. The molecule has 154 valence electrons. The van der Waals surface area contributed by atoms with Gasteiger partial charge in [-0.2, -0.15) is 0 Å². The number of hydrogen-bond acceptors (Lipinski definition) is 5. The molecule has 1 aromatic heterocycles. The first-order valence-electron chi connectivity index (χ1n) is 10.4. The minimum atomic E-state index is 0.0284. The normalized spacial score (nSPS) is 19.3. The summed E-state index contributed by atoms with van der Waals surface area (Å²) in [6.45, 7) is 7.11. The van der Waals surface area contributed by atoms with E-state index in [1.165, 1.54) is 5.56 Å². The number of morpholine rings is 1. The van der Waals surface area contributed by atoms with Gasteiger partial charge in [-0.1, -0.05) is 12.1 Å². The Labute approximate surface area is 172 Å². The number of aryl methyl sites for hydroxylation is 1. The quantitative estimate of drug-likeness (QED) is 0.753. The first-order valence-corrected chi connectivity index (χ1v) is 10.4. The summed E-state index contributed by atoms with van der Waals surface area (Å²) in [5, 5.41) is 0. The van der Waals surface area contributed by atoms with Gasteiger partial charge in [0, 0.05) is 43.7 Å². The van der Waals surface area contributed by atoms with Crippen LogP contribution >= 0.6 is 0 Å². The molecule has 0 N–H and O–H groups in total. The average Bonchev–Trinajstić information content (AvgIpc) is 3.28. The molecule has 2 saturated heterocycles. The third-order valence-electron chi connectivity index (χ3n) is 5.62. The van der Waals surface area contributed by atoms with E-state index in [1.807, 2.05) is 41.3 Å². The Hall–Kier alpha value is -2.44. The predicted octanol–water partition coefficient (Wildman–Crippen LogP) is 3.05. The van der Waals surface area contributed by atoms with Gasteiger partial charge in [-0.25, -0.2) is 0 Å². The maximum absolute atomic E-state index is 13.5. The lowest BCUT2D eigenvalue weighted by Crippen LogP contribution is -2.38. The number of benzene rings is 1. The highest BCUT2D eigenvalue weighted by Crippen LogP contribution is 2.24. The van der Waals surface area contributed by atoms with E-state index in [4.69, 9.17) is 9.47 Å². The number of amides is 1. The van der Waals surface area contributed by atoms with Gasteiger partial charge in [-0.05, 0) is 49.6 Å². The van der Waals surface area contributed by atoms with E-state index in [9.17, 15) is 4.79 Å². The van der Waals surface area contributed by atoms with Gasteiger partial charge in [0.25, 0.3) is 5.91 Å². The van der Waals surface area contributed by atoms with Crippen molar-refractivity contribution in [3.8, 4) is 0 Å². The molecule has 1 amide bonds. The van der Waals surface area contributed by atoms with Crippen LogP contribution in [-0.2, 0) is 16.0 Å². The van der Waals surface area contributed by atoms with Gasteiger partial charge in [0.2, 0.25) is 0 Å². The van der Waals surface area contributed by atoms with E-state index < -0.39 is 0 Å². The molecule has 4 rings (SSSR count). The lowest BCUT2D eigenvalue weighted by Gasteiger charge is -2.31. The summed E-state index contributed by atoms with van der Waals surface area (Å²) in [5.41, 5.74) is 3.90. The molecule has 1 aromatic carbocycles. The molecule has 0 radical (unpaired) electrons. The smallest absolute Gasteiger partial charge is 0.254 e. The van der Waals surface area contributed by atoms with E-state index in [-0.39, 0.29) is 12.0 Å².